The Balaban J connectivity index is 1.26. The molecule has 0 aliphatic heterocycles. The number of hydrogen-bond donors (Lipinski definition) is 0. The van der Waals surface area contributed by atoms with Crippen molar-refractivity contribution in [3.05, 3.63) is 152 Å². The summed E-state index contributed by atoms with van der Waals surface area (Å²) in [6.45, 7) is 5.14. The zero-order valence-electron chi connectivity index (χ0n) is 25.7. The van der Waals surface area contributed by atoms with Crippen LogP contribution in [0.4, 0.5) is 0 Å². The third-order valence-electron chi connectivity index (χ3n) is 9.82. The summed E-state index contributed by atoms with van der Waals surface area (Å²) in [5.41, 5.74) is 17.2. The van der Waals surface area contributed by atoms with E-state index in [2.05, 4.69) is 117 Å². The highest BCUT2D eigenvalue weighted by molar-refractivity contribution is 5.87. The van der Waals surface area contributed by atoms with Crippen LogP contribution in [0.2, 0.25) is 0 Å². The van der Waals surface area contributed by atoms with Gasteiger partial charge in [-0.15, -0.1) is 0 Å². The maximum atomic E-state index is 6.21. The summed E-state index contributed by atoms with van der Waals surface area (Å²) in [5, 5.41) is 0. The van der Waals surface area contributed by atoms with Crippen LogP contribution in [-0.4, -0.2) is 0 Å². The van der Waals surface area contributed by atoms with Gasteiger partial charge in [-0.05, 0) is 144 Å². The number of allylic oxidation sites excluding steroid dienone is 4. The molecule has 1 unspecified atom stereocenters. The third-order valence-corrected chi connectivity index (χ3v) is 9.82. The molecule has 0 aromatic heterocycles. The molecule has 7 rings (SSSR count). The molecule has 216 valence electrons. The van der Waals surface area contributed by atoms with Crippen molar-refractivity contribution in [3.8, 4) is 5.75 Å². The van der Waals surface area contributed by atoms with Gasteiger partial charge in [0.15, 0.2) is 0 Å². The van der Waals surface area contributed by atoms with Crippen molar-refractivity contribution in [2.24, 2.45) is 5.92 Å². The molecule has 0 fully saturated rings. The zero-order valence-corrected chi connectivity index (χ0v) is 25.7. The highest BCUT2D eigenvalue weighted by atomic mass is 16.5. The van der Waals surface area contributed by atoms with E-state index in [1.165, 1.54) is 86.9 Å². The predicted octanol–water partition coefficient (Wildman–Crippen LogP) is 10.7. The highest BCUT2D eigenvalue weighted by Crippen LogP contribution is 2.42. The van der Waals surface area contributed by atoms with Crippen LogP contribution < -0.4 is 4.74 Å². The SMILES string of the molecule is Cc1cc2c(cc1C)C(C1=Cc3ccc(OCc4ccccc4)cc3CCC1)=CC(C1=Cc3ccccc3CCC1)CC2. The Kier molecular flexibility index (Phi) is 7.90. The number of hydrogen-bond acceptors (Lipinski definition) is 1. The minimum Gasteiger partial charge on any atom is -0.489 e. The first-order chi connectivity index (χ1) is 21.1. The molecule has 3 aliphatic carbocycles. The Labute approximate surface area is 257 Å². The van der Waals surface area contributed by atoms with Crippen LogP contribution in [0.3, 0.4) is 0 Å². The second-order valence-corrected chi connectivity index (χ2v) is 12.7. The summed E-state index contributed by atoms with van der Waals surface area (Å²) in [7, 11) is 0. The molecule has 0 heterocycles. The lowest BCUT2D eigenvalue weighted by Crippen LogP contribution is -2.02. The van der Waals surface area contributed by atoms with Crippen molar-refractivity contribution in [2.45, 2.75) is 71.8 Å². The lowest BCUT2D eigenvalue weighted by molar-refractivity contribution is 0.306. The molecule has 43 heavy (non-hydrogen) atoms. The number of aryl methyl sites for hydroxylation is 5. The van der Waals surface area contributed by atoms with Crippen molar-refractivity contribution in [1.82, 2.24) is 0 Å². The molecular formula is C42H42O. The van der Waals surface area contributed by atoms with E-state index in [0.717, 1.165) is 31.4 Å². The van der Waals surface area contributed by atoms with E-state index in [1.807, 2.05) is 0 Å². The quantitative estimate of drug-likeness (QED) is 0.235. The number of ether oxygens (including phenoxy) is 1. The Hall–Kier alpha value is -4.10. The van der Waals surface area contributed by atoms with Gasteiger partial charge in [-0.3, -0.25) is 0 Å². The zero-order chi connectivity index (χ0) is 29.2. The summed E-state index contributed by atoms with van der Waals surface area (Å²) in [4.78, 5) is 0. The third kappa shape index (κ3) is 6.04. The Morgan fingerprint density at radius 3 is 2.33 bits per heavy atom. The van der Waals surface area contributed by atoms with Gasteiger partial charge in [-0.25, -0.2) is 0 Å². The topological polar surface area (TPSA) is 9.23 Å². The van der Waals surface area contributed by atoms with E-state index in [1.54, 1.807) is 5.57 Å². The van der Waals surface area contributed by atoms with Gasteiger partial charge in [0.05, 0.1) is 0 Å². The van der Waals surface area contributed by atoms with Crippen molar-refractivity contribution in [3.63, 3.8) is 0 Å². The van der Waals surface area contributed by atoms with Gasteiger partial charge >= 0.3 is 0 Å². The molecule has 1 atom stereocenters. The first-order valence-corrected chi connectivity index (χ1v) is 16.2. The van der Waals surface area contributed by atoms with Gasteiger partial charge in [-0.1, -0.05) is 96.6 Å². The average molecular weight is 563 g/mol. The largest absolute Gasteiger partial charge is 0.489 e. The first-order valence-electron chi connectivity index (χ1n) is 16.2. The van der Waals surface area contributed by atoms with Crippen molar-refractivity contribution in [2.75, 3.05) is 0 Å². The van der Waals surface area contributed by atoms with Crippen LogP contribution in [0.25, 0.3) is 17.7 Å². The van der Waals surface area contributed by atoms with Gasteiger partial charge < -0.3 is 4.74 Å². The monoisotopic (exact) mass is 562 g/mol. The van der Waals surface area contributed by atoms with E-state index in [9.17, 15) is 0 Å². The predicted molar refractivity (Wildman–Crippen MR) is 181 cm³/mol. The molecule has 0 spiro atoms. The summed E-state index contributed by atoms with van der Waals surface area (Å²) < 4.78 is 6.21. The second kappa shape index (κ2) is 12.3. The molecule has 4 aromatic rings. The summed E-state index contributed by atoms with van der Waals surface area (Å²) in [5.74, 6) is 1.43. The second-order valence-electron chi connectivity index (χ2n) is 12.7. The van der Waals surface area contributed by atoms with E-state index in [4.69, 9.17) is 4.74 Å². The fraction of sp³-hybridized carbons (Fsp3) is 0.286. The van der Waals surface area contributed by atoms with Gasteiger partial charge in [-0.2, -0.15) is 0 Å². The smallest absolute Gasteiger partial charge is 0.120 e. The molecule has 1 heteroatoms. The van der Waals surface area contributed by atoms with Gasteiger partial charge in [0.2, 0.25) is 0 Å². The standard InChI is InChI=1S/C42H42O/c1-29-22-39-19-18-37(34-15-8-14-32-12-6-7-13-33(32)24-34)27-42(41(39)23-30(29)2)38-17-9-16-35-26-40(21-20-36(35)25-38)43-28-31-10-4-3-5-11-31/h3-7,10-13,20-27,37H,8-9,14-19,28H2,1-2H3. The van der Waals surface area contributed by atoms with Crippen molar-refractivity contribution < 1.29 is 4.74 Å². The van der Waals surface area contributed by atoms with Gasteiger partial charge in [0.25, 0.3) is 0 Å². The molecule has 0 bridgehead atoms. The van der Waals surface area contributed by atoms with E-state index in [0.29, 0.717) is 12.5 Å². The maximum Gasteiger partial charge on any atom is 0.120 e. The molecular weight excluding hydrogens is 520 g/mol. The van der Waals surface area contributed by atoms with Crippen LogP contribution in [0.1, 0.15) is 82.2 Å². The first kappa shape index (κ1) is 27.7. The van der Waals surface area contributed by atoms with E-state index >= 15 is 0 Å². The van der Waals surface area contributed by atoms with Crippen LogP contribution in [0.5, 0.6) is 5.75 Å². The molecule has 0 saturated heterocycles. The Morgan fingerprint density at radius 1 is 0.651 bits per heavy atom. The number of benzene rings is 4. The molecule has 4 aromatic carbocycles. The summed E-state index contributed by atoms with van der Waals surface area (Å²) in [6, 6.07) is 31.1. The fourth-order valence-electron chi connectivity index (χ4n) is 7.25. The number of fused-ring (bicyclic) bond motifs is 3. The van der Waals surface area contributed by atoms with Crippen LogP contribution in [0.15, 0.2) is 102 Å². The molecule has 0 radical (unpaired) electrons. The van der Waals surface area contributed by atoms with Crippen LogP contribution in [0, 0.1) is 19.8 Å². The summed E-state index contributed by atoms with van der Waals surface area (Å²) >= 11 is 0. The highest BCUT2D eigenvalue weighted by Gasteiger charge is 2.25. The van der Waals surface area contributed by atoms with E-state index in [-0.39, 0.29) is 0 Å². The van der Waals surface area contributed by atoms with Crippen LogP contribution >= 0.6 is 0 Å². The maximum absolute atomic E-state index is 6.21. The molecule has 0 N–H and O–H groups in total. The molecule has 0 saturated carbocycles. The van der Waals surface area contributed by atoms with Crippen molar-refractivity contribution in [1.29, 1.82) is 0 Å². The minimum absolute atomic E-state index is 0.464. The van der Waals surface area contributed by atoms with E-state index < -0.39 is 0 Å². The lowest BCUT2D eigenvalue weighted by atomic mass is 9.86. The molecule has 1 nitrogen and oxygen atoms in total. The molecule has 3 aliphatic rings. The molecule has 0 amide bonds. The summed E-state index contributed by atoms with van der Waals surface area (Å²) in [6.07, 6.45) is 16.9. The lowest BCUT2D eigenvalue weighted by Gasteiger charge is -2.18. The van der Waals surface area contributed by atoms with Gasteiger partial charge in [0.1, 0.15) is 12.4 Å². The normalized spacial score (nSPS) is 18.0. The fourth-order valence-corrected chi connectivity index (χ4v) is 7.25. The minimum atomic E-state index is 0.464. The Bertz CT molecular complexity index is 1730. The average Bonchev–Trinajstić information content (AvgIpc) is 3.46. The van der Waals surface area contributed by atoms with Crippen molar-refractivity contribution >= 4 is 17.7 Å². The Morgan fingerprint density at radius 2 is 1.42 bits per heavy atom. The number of rotatable bonds is 5. The van der Waals surface area contributed by atoms with Gasteiger partial charge in [0, 0.05) is 0 Å². The van der Waals surface area contributed by atoms with Crippen LogP contribution in [-0.2, 0) is 25.9 Å².